The number of benzene rings is 3. The molecule has 0 atom stereocenters. The molecule has 0 aliphatic carbocycles. The summed E-state index contributed by atoms with van der Waals surface area (Å²) in [5, 5.41) is 19.2. The predicted octanol–water partition coefficient (Wildman–Crippen LogP) is 6.47. The summed E-state index contributed by atoms with van der Waals surface area (Å²) in [5.74, 6) is 0.996. The fraction of sp³-hybridized carbons (Fsp3) is 0.242. The lowest BCUT2D eigenvalue weighted by molar-refractivity contribution is -0.117. The van der Waals surface area contributed by atoms with E-state index in [4.69, 9.17) is 16.9 Å². The summed E-state index contributed by atoms with van der Waals surface area (Å²) >= 11 is 6.39. The molecule has 3 aromatic carbocycles. The summed E-state index contributed by atoms with van der Waals surface area (Å²) in [7, 11) is 0. The lowest BCUT2D eigenvalue weighted by Gasteiger charge is -2.32. The smallest absolute Gasteiger partial charge is 0.253 e. The van der Waals surface area contributed by atoms with Crippen LogP contribution >= 0.6 is 11.6 Å². The van der Waals surface area contributed by atoms with Gasteiger partial charge in [-0.25, -0.2) is 4.98 Å². The summed E-state index contributed by atoms with van der Waals surface area (Å²) in [6, 6.07) is 22.8. The Balaban J connectivity index is 1.13. The molecule has 10 heteroatoms. The van der Waals surface area contributed by atoms with E-state index in [0.29, 0.717) is 47.4 Å². The van der Waals surface area contributed by atoms with E-state index >= 15 is 0 Å². The quantitative estimate of drug-likeness (QED) is 0.248. The Kier molecular flexibility index (Phi) is 8.20. The topological polar surface area (TPSA) is 123 Å². The number of nitrogens with zero attached hydrogens (tertiary/aromatic N) is 4. The fourth-order valence-corrected chi connectivity index (χ4v) is 5.71. The van der Waals surface area contributed by atoms with E-state index in [2.05, 4.69) is 44.1 Å². The number of anilines is 5. The zero-order valence-electron chi connectivity index (χ0n) is 23.4. The monoisotopic (exact) mass is 591 g/mol. The van der Waals surface area contributed by atoms with Gasteiger partial charge in [0.1, 0.15) is 5.02 Å². The van der Waals surface area contributed by atoms with E-state index < -0.39 is 0 Å². The molecule has 3 N–H and O–H groups in total. The maximum absolute atomic E-state index is 13.2. The average Bonchev–Trinajstić information content (AvgIpc) is 3.03. The van der Waals surface area contributed by atoms with Crippen LogP contribution in [0.4, 0.5) is 28.8 Å². The number of nitrogens with one attached hydrogen (secondary N) is 3. The summed E-state index contributed by atoms with van der Waals surface area (Å²) in [6.07, 6.45) is 4.95. The highest BCUT2D eigenvalue weighted by atomic mass is 35.5. The van der Waals surface area contributed by atoms with Crippen LogP contribution in [0.1, 0.15) is 46.3 Å². The SMILES string of the molecule is N#Cc1cccc(C(=O)N2CCC(CC(=O)Nc3ccc4cc3CCc3cccc(c3)Nc3ncc(Cl)c(n3)N4)CC2)c1. The number of hydrogen-bond donors (Lipinski definition) is 3. The predicted molar refractivity (Wildman–Crippen MR) is 167 cm³/mol. The van der Waals surface area contributed by atoms with Crippen LogP contribution in [-0.4, -0.2) is 39.8 Å². The lowest BCUT2D eigenvalue weighted by atomic mass is 9.92. The first-order valence-electron chi connectivity index (χ1n) is 14.3. The third-order valence-electron chi connectivity index (χ3n) is 7.87. The summed E-state index contributed by atoms with van der Waals surface area (Å²) in [5.41, 5.74) is 5.61. The normalized spacial score (nSPS) is 14.6. The number of aromatic nitrogens is 2. The first kappa shape index (κ1) is 28.2. The van der Waals surface area contributed by atoms with Crippen LogP contribution in [0, 0.1) is 17.2 Å². The first-order chi connectivity index (χ1) is 20.9. The second-order valence-corrected chi connectivity index (χ2v) is 11.3. The number of amides is 2. The van der Waals surface area contributed by atoms with Crippen molar-refractivity contribution in [3.63, 3.8) is 0 Å². The highest BCUT2D eigenvalue weighted by Crippen LogP contribution is 2.30. The molecule has 6 bridgehead atoms. The second kappa shape index (κ2) is 12.5. The van der Waals surface area contributed by atoms with E-state index in [1.54, 1.807) is 30.5 Å². The zero-order chi connectivity index (χ0) is 29.8. The van der Waals surface area contributed by atoms with Gasteiger partial charge in [0, 0.05) is 42.1 Å². The molecule has 4 aromatic rings. The molecule has 1 aromatic heterocycles. The number of hydrogen-bond acceptors (Lipinski definition) is 7. The molecule has 43 heavy (non-hydrogen) atoms. The number of carbonyl (C=O) groups excluding carboxylic acids is 2. The van der Waals surface area contributed by atoms with Crippen molar-refractivity contribution in [1.29, 1.82) is 5.26 Å². The molecule has 6 rings (SSSR count). The number of halogens is 1. The van der Waals surface area contributed by atoms with Crippen molar-refractivity contribution in [2.24, 2.45) is 5.92 Å². The first-order valence-corrected chi connectivity index (χ1v) is 14.7. The summed E-state index contributed by atoms with van der Waals surface area (Å²) in [4.78, 5) is 36.8. The minimum absolute atomic E-state index is 0.0407. The van der Waals surface area contributed by atoms with Gasteiger partial charge in [0.15, 0.2) is 5.82 Å². The van der Waals surface area contributed by atoms with Gasteiger partial charge in [0.25, 0.3) is 5.91 Å². The van der Waals surface area contributed by atoms with Crippen molar-refractivity contribution in [3.8, 4) is 6.07 Å². The maximum atomic E-state index is 13.2. The van der Waals surface area contributed by atoms with Gasteiger partial charge in [-0.05, 0) is 91.3 Å². The molecule has 9 nitrogen and oxygen atoms in total. The highest BCUT2D eigenvalue weighted by Gasteiger charge is 2.25. The molecule has 2 aliphatic heterocycles. The van der Waals surface area contributed by atoms with Gasteiger partial charge in [-0.3, -0.25) is 9.59 Å². The van der Waals surface area contributed by atoms with E-state index in [0.717, 1.165) is 53.9 Å². The molecule has 0 saturated carbocycles. The third-order valence-corrected chi connectivity index (χ3v) is 8.14. The molecular formula is C33H30ClN7O2. The Morgan fingerprint density at radius 2 is 1.81 bits per heavy atom. The molecule has 0 spiro atoms. The van der Waals surface area contributed by atoms with Crippen molar-refractivity contribution in [3.05, 3.63) is 100 Å². The molecule has 1 saturated heterocycles. The van der Waals surface area contributed by atoms with Crippen molar-refractivity contribution in [2.75, 3.05) is 29.0 Å². The van der Waals surface area contributed by atoms with Crippen molar-refractivity contribution < 1.29 is 9.59 Å². The molecular weight excluding hydrogens is 562 g/mol. The Hall–Kier alpha value is -4.94. The Labute approximate surface area is 254 Å². The molecule has 1 fully saturated rings. The maximum Gasteiger partial charge on any atom is 0.253 e. The zero-order valence-corrected chi connectivity index (χ0v) is 24.2. The number of piperidine rings is 1. The van der Waals surface area contributed by atoms with Crippen LogP contribution in [0.15, 0.2) is 72.9 Å². The fourth-order valence-electron chi connectivity index (χ4n) is 5.57. The number of aryl methyl sites for hydroxylation is 2. The van der Waals surface area contributed by atoms with Crippen LogP contribution in [0.5, 0.6) is 0 Å². The van der Waals surface area contributed by atoms with Gasteiger partial charge in [-0.2, -0.15) is 10.2 Å². The largest absolute Gasteiger partial charge is 0.339 e. The Morgan fingerprint density at radius 3 is 2.65 bits per heavy atom. The van der Waals surface area contributed by atoms with E-state index in [1.807, 2.05) is 35.2 Å². The van der Waals surface area contributed by atoms with Crippen molar-refractivity contribution in [1.82, 2.24) is 14.9 Å². The van der Waals surface area contributed by atoms with Crippen LogP contribution in [0.3, 0.4) is 0 Å². The van der Waals surface area contributed by atoms with Crippen LogP contribution in [0.2, 0.25) is 5.02 Å². The molecule has 2 aliphatic rings. The van der Waals surface area contributed by atoms with Crippen LogP contribution < -0.4 is 16.0 Å². The van der Waals surface area contributed by atoms with Gasteiger partial charge < -0.3 is 20.9 Å². The number of carbonyl (C=O) groups is 2. The number of fused-ring (bicyclic) bond motifs is 6. The third kappa shape index (κ3) is 6.76. The standard InChI is InChI=1S/C33H30ClN7O2/c34-28-20-36-33-38-26-6-2-3-21(16-26)7-8-24-18-27(37-31(28)40-33)9-10-29(24)39-30(42)17-22-11-13-41(14-12-22)32(43)25-5-1-4-23(15-25)19-35/h1-6,9-10,15-16,18,20,22H,7-8,11-14,17H2,(H,39,42)(H2,36,37,38,40). The van der Waals surface area contributed by atoms with Crippen molar-refractivity contribution >= 4 is 52.2 Å². The van der Waals surface area contributed by atoms with E-state index in [-0.39, 0.29) is 17.7 Å². The molecule has 2 amide bonds. The second-order valence-electron chi connectivity index (χ2n) is 10.9. The van der Waals surface area contributed by atoms with Crippen LogP contribution in [-0.2, 0) is 17.6 Å². The lowest BCUT2D eigenvalue weighted by Crippen LogP contribution is -2.39. The molecule has 0 unspecified atom stereocenters. The minimum atomic E-state index is -0.0745. The summed E-state index contributed by atoms with van der Waals surface area (Å²) < 4.78 is 0. The average molecular weight is 592 g/mol. The van der Waals surface area contributed by atoms with Gasteiger partial charge in [0.05, 0.1) is 17.8 Å². The van der Waals surface area contributed by atoms with Gasteiger partial charge in [-0.1, -0.05) is 29.8 Å². The number of likely N-dealkylation sites (tertiary alicyclic amines) is 1. The van der Waals surface area contributed by atoms with Gasteiger partial charge >= 0.3 is 0 Å². The molecule has 3 heterocycles. The van der Waals surface area contributed by atoms with Gasteiger partial charge in [-0.15, -0.1) is 0 Å². The minimum Gasteiger partial charge on any atom is -0.339 e. The van der Waals surface area contributed by atoms with Gasteiger partial charge in [0.2, 0.25) is 11.9 Å². The number of rotatable bonds is 4. The molecule has 0 radical (unpaired) electrons. The molecule has 216 valence electrons. The Morgan fingerprint density at radius 1 is 1.00 bits per heavy atom. The van der Waals surface area contributed by atoms with Crippen LogP contribution in [0.25, 0.3) is 0 Å². The van der Waals surface area contributed by atoms with E-state index in [9.17, 15) is 9.59 Å². The summed E-state index contributed by atoms with van der Waals surface area (Å²) in [6.45, 7) is 1.17. The Bertz CT molecular complexity index is 1730. The van der Waals surface area contributed by atoms with Crippen molar-refractivity contribution in [2.45, 2.75) is 32.1 Å². The highest BCUT2D eigenvalue weighted by molar-refractivity contribution is 6.32. The van der Waals surface area contributed by atoms with E-state index in [1.165, 1.54) is 0 Å². The number of nitriles is 1.